The summed E-state index contributed by atoms with van der Waals surface area (Å²) in [6, 6.07) is 1.39. The van der Waals surface area contributed by atoms with E-state index in [4.69, 9.17) is 0 Å². The Balaban J connectivity index is 2.21. The van der Waals surface area contributed by atoms with E-state index in [2.05, 4.69) is 18.8 Å². The van der Waals surface area contributed by atoms with Gasteiger partial charge in [-0.1, -0.05) is 26.7 Å². The lowest BCUT2D eigenvalue weighted by molar-refractivity contribution is 0.00351. The second kappa shape index (κ2) is 4.73. The molecule has 0 spiro atoms. The number of nitrogens with zero attached hydrogens (tertiary/aromatic N) is 1. The third kappa shape index (κ3) is 2.65. The molecule has 2 rings (SSSR count). The highest BCUT2D eigenvalue weighted by Crippen LogP contribution is 2.46. The number of aliphatic hydroxyl groups excluding tert-OH is 1. The summed E-state index contributed by atoms with van der Waals surface area (Å²) in [4.78, 5) is 3.81. The van der Waals surface area contributed by atoms with E-state index in [9.17, 15) is 9.50 Å². The van der Waals surface area contributed by atoms with Crippen LogP contribution in [0.3, 0.4) is 0 Å². The summed E-state index contributed by atoms with van der Waals surface area (Å²) in [5, 5.41) is 10.4. The van der Waals surface area contributed by atoms with E-state index in [0.29, 0.717) is 5.56 Å². The topological polar surface area (TPSA) is 33.1 Å². The molecule has 2 unspecified atom stereocenters. The number of rotatable bonds is 2. The lowest BCUT2D eigenvalue weighted by Crippen LogP contribution is -2.32. The van der Waals surface area contributed by atoms with Crippen molar-refractivity contribution in [2.24, 2.45) is 11.3 Å². The van der Waals surface area contributed by atoms with Gasteiger partial charge in [-0.05, 0) is 30.2 Å². The van der Waals surface area contributed by atoms with Crippen LogP contribution in [0.5, 0.6) is 0 Å². The molecule has 2 nitrogen and oxygen atoms in total. The molecule has 0 radical (unpaired) electrons. The first-order valence-electron chi connectivity index (χ1n) is 6.29. The van der Waals surface area contributed by atoms with Crippen LogP contribution in [-0.4, -0.2) is 10.1 Å². The lowest BCUT2D eigenvalue weighted by Gasteiger charge is -2.41. The van der Waals surface area contributed by atoms with E-state index in [1.165, 1.54) is 18.7 Å². The fourth-order valence-electron chi connectivity index (χ4n) is 2.93. The van der Waals surface area contributed by atoms with Crippen LogP contribution in [-0.2, 0) is 0 Å². The predicted molar refractivity (Wildman–Crippen MR) is 64.9 cm³/mol. The maximum Gasteiger partial charge on any atom is 0.141 e. The highest BCUT2D eigenvalue weighted by Gasteiger charge is 2.37. The quantitative estimate of drug-likeness (QED) is 0.854. The van der Waals surface area contributed by atoms with Gasteiger partial charge in [-0.15, -0.1) is 0 Å². The molecule has 0 aliphatic heterocycles. The van der Waals surface area contributed by atoms with E-state index in [1.807, 2.05) is 0 Å². The zero-order valence-electron chi connectivity index (χ0n) is 10.5. The van der Waals surface area contributed by atoms with Gasteiger partial charge in [-0.3, -0.25) is 4.98 Å². The van der Waals surface area contributed by atoms with E-state index in [-0.39, 0.29) is 17.2 Å². The Morgan fingerprint density at radius 1 is 1.41 bits per heavy atom. The Bertz CT molecular complexity index is 392. The second-order valence-electron chi connectivity index (χ2n) is 5.72. The number of halogens is 1. The summed E-state index contributed by atoms with van der Waals surface area (Å²) in [5.41, 5.74) is 0.717. The van der Waals surface area contributed by atoms with Gasteiger partial charge in [0.05, 0.1) is 12.3 Å². The van der Waals surface area contributed by atoms with Crippen molar-refractivity contribution in [1.82, 2.24) is 4.98 Å². The predicted octanol–water partition coefficient (Wildman–Crippen LogP) is 3.47. The van der Waals surface area contributed by atoms with Gasteiger partial charge >= 0.3 is 0 Å². The van der Waals surface area contributed by atoms with Crippen molar-refractivity contribution in [3.63, 3.8) is 0 Å². The van der Waals surface area contributed by atoms with Crippen LogP contribution in [0, 0.1) is 17.2 Å². The summed E-state index contributed by atoms with van der Waals surface area (Å²) in [6.07, 6.45) is 6.63. The van der Waals surface area contributed by atoms with Gasteiger partial charge in [0.15, 0.2) is 0 Å². The van der Waals surface area contributed by atoms with Crippen LogP contribution < -0.4 is 0 Å². The molecule has 0 saturated heterocycles. The monoisotopic (exact) mass is 237 g/mol. The standard InChI is InChI=1S/C14H20FNO/c1-14(2)6-4-3-5-12(14)13(17)10-7-11(15)9-16-8-10/h7-9,12-13,17H,3-6H2,1-2H3. The molecule has 1 aliphatic rings. The largest absolute Gasteiger partial charge is 0.388 e. The molecule has 1 N–H and O–H groups in total. The molecular formula is C14H20FNO. The number of aromatic nitrogens is 1. The first kappa shape index (κ1) is 12.5. The Kier molecular flexibility index (Phi) is 3.48. The molecular weight excluding hydrogens is 217 g/mol. The van der Waals surface area contributed by atoms with Gasteiger partial charge < -0.3 is 5.11 Å². The number of hydrogen-bond donors (Lipinski definition) is 1. The number of pyridine rings is 1. The molecule has 3 heteroatoms. The summed E-state index contributed by atoms with van der Waals surface area (Å²) in [6.45, 7) is 4.37. The second-order valence-corrected chi connectivity index (χ2v) is 5.72. The molecule has 17 heavy (non-hydrogen) atoms. The Hall–Kier alpha value is -0.960. The molecule has 0 amide bonds. The van der Waals surface area contributed by atoms with E-state index >= 15 is 0 Å². The van der Waals surface area contributed by atoms with Gasteiger partial charge in [0.25, 0.3) is 0 Å². The molecule has 1 heterocycles. The van der Waals surface area contributed by atoms with Crippen molar-refractivity contribution in [3.8, 4) is 0 Å². The highest BCUT2D eigenvalue weighted by atomic mass is 19.1. The van der Waals surface area contributed by atoms with Crippen molar-refractivity contribution >= 4 is 0 Å². The number of hydrogen-bond acceptors (Lipinski definition) is 2. The SMILES string of the molecule is CC1(C)CCCCC1C(O)c1cncc(F)c1. The third-order valence-electron chi connectivity index (χ3n) is 4.04. The minimum Gasteiger partial charge on any atom is -0.388 e. The first-order valence-corrected chi connectivity index (χ1v) is 6.29. The average Bonchev–Trinajstić information content (AvgIpc) is 2.27. The first-order chi connectivity index (χ1) is 8.00. The smallest absolute Gasteiger partial charge is 0.141 e. The molecule has 1 aromatic rings. The van der Waals surface area contributed by atoms with Crippen molar-refractivity contribution in [1.29, 1.82) is 0 Å². The maximum atomic E-state index is 13.1. The Morgan fingerprint density at radius 2 is 2.18 bits per heavy atom. The van der Waals surface area contributed by atoms with Crippen LogP contribution in [0.15, 0.2) is 18.5 Å². The fraction of sp³-hybridized carbons (Fsp3) is 0.643. The van der Waals surface area contributed by atoms with Crippen LogP contribution in [0.2, 0.25) is 0 Å². The van der Waals surface area contributed by atoms with Crippen LogP contribution >= 0.6 is 0 Å². The van der Waals surface area contributed by atoms with Gasteiger partial charge in [-0.2, -0.15) is 0 Å². The molecule has 1 aromatic heterocycles. The van der Waals surface area contributed by atoms with Gasteiger partial charge in [0.2, 0.25) is 0 Å². The minimum absolute atomic E-state index is 0.115. The van der Waals surface area contributed by atoms with Crippen LogP contribution in [0.25, 0.3) is 0 Å². The molecule has 0 bridgehead atoms. The Labute approximate surface area is 102 Å². The van der Waals surface area contributed by atoms with Crippen molar-refractivity contribution in [3.05, 3.63) is 29.8 Å². The van der Waals surface area contributed by atoms with Gasteiger partial charge in [0, 0.05) is 11.8 Å². The van der Waals surface area contributed by atoms with Crippen molar-refractivity contribution in [2.45, 2.75) is 45.6 Å². The van der Waals surface area contributed by atoms with E-state index in [0.717, 1.165) is 19.3 Å². The van der Waals surface area contributed by atoms with Crippen LogP contribution in [0.1, 0.15) is 51.2 Å². The van der Waals surface area contributed by atoms with Gasteiger partial charge in [-0.25, -0.2) is 4.39 Å². The summed E-state index contributed by atoms with van der Waals surface area (Å²) < 4.78 is 13.1. The summed E-state index contributed by atoms with van der Waals surface area (Å²) >= 11 is 0. The van der Waals surface area contributed by atoms with E-state index < -0.39 is 6.10 Å². The van der Waals surface area contributed by atoms with Crippen LogP contribution in [0.4, 0.5) is 4.39 Å². The highest BCUT2D eigenvalue weighted by molar-refractivity contribution is 5.15. The Morgan fingerprint density at radius 3 is 2.82 bits per heavy atom. The van der Waals surface area contributed by atoms with Crippen molar-refractivity contribution in [2.75, 3.05) is 0 Å². The molecule has 2 atom stereocenters. The van der Waals surface area contributed by atoms with Crippen molar-refractivity contribution < 1.29 is 9.50 Å². The summed E-state index contributed by atoms with van der Waals surface area (Å²) in [5.74, 6) is -0.185. The third-order valence-corrected chi connectivity index (χ3v) is 4.04. The lowest BCUT2D eigenvalue weighted by atomic mass is 9.66. The average molecular weight is 237 g/mol. The van der Waals surface area contributed by atoms with E-state index in [1.54, 1.807) is 6.20 Å². The minimum atomic E-state index is -0.603. The fourth-order valence-corrected chi connectivity index (χ4v) is 2.93. The zero-order valence-corrected chi connectivity index (χ0v) is 10.5. The molecule has 94 valence electrons. The number of aliphatic hydroxyl groups is 1. The molecule has 1 aliphatic carbocycles. The maximum absolute atomic E-state index is 13.1. The zero-order chi connectivity index (χ0) is 12.5. The normalized spacial score (nSPS) is 25.5. The summed E-state index contributed by atoms with van der Waals surface area (Å²) in [7, 11) is 0. The molecule has 1 saturated carbocycles. The van der Waals surface area contributed by atoms with Gasteiger partial charge in [0.1, 0.15) is 5.82 Å². The molecule has 0 aromatic carbocycles. The molecule has 1 fully saturated rings.